The molecular weight excluding hydrogens is 256 g/mol. The summed E-state index contributed by atoms with van der Waals surface area (Å²) in [5.74, 6) is 0.793. The maximum Gasteiger partial charge on any atom is 0.200 e. The molecule has 3 rings (SSSR count). The zero-order chi connectivity index (χ0) is 14.1. The molecule has 0 unspecified atom stereocenters. The van der Waals surface area contributed by atoms with Crippen LogP contribution in [0.15, 0.2) is 57.9 Å². The van der Waals surface area contributed by atoms with Gasteiger partial charge in [0, 0.05) is 6.07 Å². The Morgan fingerprint density at radius 2 is 1.85 bits per heavy atom. The zero-order valence-electron chi connectivity index (χ0n) is 10.8. The van der Waals surface area contributed by atoms with Crippen LogP contribution in [0.5, 0.6) is 11.5 Å². The van der Waals surface area contributed by atoms with Gasteiger partial charge in [-0.2, -0.15) is 0 Å². The third-order valence-electron chi connectivity index (χ3n) is 3.16. The van der Waals surface area contributed by atoms with Crippen molar-refractivity contribution >= 4 is 11.0 Å². The molecule has 4 heteroatoms. The highest BCUT2D eigenvalue weighted by Gasteiger charge is 2.09. The van der Waals surface area contributed by atoms with Gasteiger partial charge >= 0.3 is 0 Å². The highest BCUT2D eigenvalue weighted by Crippen LogP contribution is 2.24. The second-order valence-electron chi connectivity index (χ2n) is 4.39. The van der Waals surface area contributed by atoms with E-state index in [1.807, 2.05) is 0 Å². The third-order valence-corrected chi connectivity index (χ3v) is 3.16. The fourth-order valence-corrected chi connectivity index (χ4v) is 2.08. The van der Waals surface area contributed by atoms with Gasteiger partial charge in [-0.1, -0.05) is 12.1 Å². The smallest absolute Gasteiger partial charge is 0.200 e. The minimum Gasteiger partial charge on any atom is -0.508 e. The average Bonchev–Trinajstić information content (AvgIpc) is 2.48. The van der Waals surface area contributed by atoms with Crippen molar-refractivity contribution in [2.45, 2.75) is 0 Å². The Morgan fingerprint density at radius 1 is 1.10 bits per heavy atom. The molecule has 0 amide bonds. The number of aromatic hydroxyl groups is 1. The molecule has 20 heavy (non-hydrogen) atoms. The summed E-state index contributed by atoms with van der Waals surface area (Å²) in [7, 11) is 1.56. The van der Waals surface area contributed by atoms with Gasteiger partial charge in [-0.25, -0.2) is 0 Å². The lowest BCUT2D eigenvalue weighted by Crippen LogP contribution is -2.04. The molecule has 2 aromatic carbocycles. The molecular formula is C16H12O4. The van der Waals surface area contributed by atoms with Gasteiger partial charge < -0.3 is 14.3 Å². The summed E-state index contributed by atoms with van der Waals surface area (Å²) >= 11 is 0. The van der Waals surface area contributed by atoms with E-state index in [1.165, 1.54) is 18.4 Å². The number of phenols is 1. The Balaban J connectivity index is 2.21. The Kier molecular flexibility index (Phi) is 2.91. The van der Waals surface area contributed by atoms with Crippen LogP contribution in [0.3, 0.4) is 0 Å². The summed E-state index contributed by atoms with van der Waals surface area (Å²) in [4.78, 5) is 12.5. The minimum atomic E-state index is -0.111. The van der Waals surface area contributed by atoms with Gasteiger partial charge in [0.1, 0.15) is 23.3 Å². The molecule has 3 aromatic rings. The monoisotopic (exact) mass is 268 g/mol. The molecule has 0 aliphatic heterocycles. The first-order valence-corrected chi connectivity index (χ1v) is 6.08. The van der Waals surface area contributed by atoms with Crippen molar-refractivity contribution in [3.05, 3.63) is 59.0 Å². The normalized spacial score (nSPS) is 10.7. The number of methoxy groups -OCH3 is 1. The topological polar surface area (TPSA) is 59.7 Å². The van der Waals surface area contributed by atoms with Gasteiger partial charge in [0.2, 0.25) is 0 Å². The second kappa shape index (κ2) is 4.74. The van der Waals surface area contributed by atoms with E-state index < -0.39 is 0 Å². The fourth-order valence-electron chi connectivity index (χ4n) is 2.08. The van der Waals surface area contributed by atoms with Crippen molar-refractivity contribution in [3.8, 4) is 22.6 Å². The lowest BCUT2D eigenvalue weighted by Gasteiger charge is -2.04. The molecule has 1 heterocycles. The molecule has 0 spiro atoms. The molecule has 0 radical (unpaired) electrons. The molecule has 0 saturated heterocycles. The van der Waals surface area contributed by atoms with Gasteiger partial charge in [-0.15, -0.1) is 0 Å². The molecule has 1 aromatic heterocycles. The van der Waals surface area contributed by atoms with Crippen molar-refractivity contribution in [3.63, 3.8) is 0 Å². The van der Waals surface area contributed by atoms with Gasteiger partial charge in [0.05, 0.1) is 18.1 Å². The molecule has 0 atom stereocenters. The molecule has 0 aliphatic carbocycles. The largest absolute Gasteiger partial charge is 0.508 e. The van der Waals surface area contributed by atoms with E-state index in [-0.39, 0.29) is 11.2 Å². The number of ether oxygens (including phenoxy) is 1. The first-order valence-electron chi connectivity index (χ1n) is 6.08. The third kappa shape index (κ3) is 2.01. The van der Waals surface area contributed by atoms with E-state index in [1.54, 1.807) is 37.4 Å². The maximum absolute atomic E-state index is 12.5. The van der Waals surface area contributed by atoms with E-state index in [9.17, 15) is 9.90 Å². The molecule has 4 nitrogen and oxygen atoms in total. The summed E-state index contributed by atoms with van der Waals surface area (Å²) in [6, 6.07) is 11.5. The van der Waals surface area contributed by atoms with Crippen LogP contribution in [-0.2, 0) is 0 Å². The highest BCUT2D eigenvalue weighted by molar-refractivity contribution is 5.82. The first-order chi connectivity index (χ1) is 9.69. The highest BCUT2D eigenvalue weighted by atomic mass is 16.5. The zero-order valence-corrected chi connectivity index (χ0v) is 10.8. The number of rotatable bonds is 2. The summed E-state index contributed by atoms with van der Waals surface area (Å²) in [5, 5.41) is 9.78. The van der Waals surface area contributed by atoms with E-state index in [0.717, 1.165) is 0 Å². The summed E-state index contributed by atoms with van der Waals surface area (Å²) in [6.07, 6.45) is 1.43. The van der Waals surface area contributed by atoms with Crippen LogP contribution in [-0.4, -0.2) is 12.2 Å². The van der Waals surface area contributed by atoms with Crippen molar-refractivity contribution in [2.24, 2.45) is 0 Å². The van der Waals surface area contributed by atoms with Crippen LogP contribution in [0.2, 0.25) is 0 Å². The van der Waals surface area contributed by atoms with E-state index in [4.69, 9.17) is 9.15 Å². The standard InChI is InChI=1S/C16H12O4/c1-19-12-6-7-13-15(8-12)20-9-14(16(13)18)10-2-4-11(17)5-3-10/h2-9,17H,1H3. The molecule has 0 fully saturated rings. The molecule has 0 saturated carbocycles. The van der Waals surface area contributed by atoms with Gasteiger partial charge in [-0.3, -0.25) is 4.79 Å². The predicted molar refractivity (Wildman–Crippen MR) is 76.1 cm³/mol. The first kappa shape index (κ1) is 12.3. The number of benzene rings is 2. The van der Waals surface area contributed by atoms with Crippen molar-refractivity contribution < 1.29 is 14.3 Å². The van der Waals surface area contributed by atoms with E-state index in [0.29, 0.717) is 27.8 Å². The lowest BCUT2D eigenvalue weighted by molar-refractivity contribution is 0.414. The molecule has 0 aliphatic rings. The Morgan fingerprint density at radius 3 is 2.55 bits per heavy atom. The Bertz CT molecular complexity index is 816. The van der Waals surface area contributed by atoms with Crippen LogP contribution in [0, 0.1) is 0 Å². The summed E-state index contributed by atoms with van der Waals surface area (Å²) in [5.41, 5.74) is 1.54. The van der Waals surface area contributed by atoms with Crippen LogP contribution >= 0.6 is 0 Å². The minimum absolute atomic E-state index is 0.111. The fraction of sp³-hybridized carbons (Fsp3) is 0.0625. The number of fused-ring (bicyclic) bond motifs is 1. The van der Waals surface area contributed by atoms with Gasteiger partial charge in [0.25, 0.3) is 0 Å². The Labute approximate surface area is 114 Å². The van der Waals surface area contributed by atoms with Crippen LogP contribution in [0.25, 0.3) is 22.1 Å². The van der Waals surface area contributed by atoms with Gasteiger partial charge in [0.15, 0.2) is 5.43 Å². The molecule has 1 N–H and O–H groups in total. The van der Waals surface area contributed by atoms with Crippen LogP contribution in [0.4, 0.5) is 0 Å². The summed E-state index contributed by atoms with van der Waals surface area (Å²) in [6.45, 7) is 0. The second-order valence-corrected chi connectivity index (χ2v) is 4.39. The van der Waals surface area contributed by atoms with Gasteiger partial charge in [-0.05, 0) is 29.8 Å². The molecule has 100 valence electrons. The van der Waals surface area contributed by atoms with Crippen LogP contribution < -0.4 is 10.2 Å². The lowest BCUT2D eigenvalue weighted by atomic mass is 10.1. The van der Waals surface area contributed by atoms with Crippen molar-refractivity contribution in [2.75, 3.05) is 7.11 Å². The van der Waals surface area contributed by atoms with Crippen molar-refractivity contribution in [1.82, 2.24) is 0 Å². The van der Waals surface area contributed by atoms with Crippen molar-refractivity contribution in [1.29, 1.82) is 0 Å². The van der Waals surface area contributed by atoms with E-state index >= 15 is 0 Å². The number of hydrogen-bond acceptors (Lipinski definition) is 4. The van der Waals surface area contributed by atoms with Crippen LogP contribution in [0.1, 0.15) is 0 Å². The average molecular weight is 268 g/mol. The SMILES string of the molecule is COc1ccc2c(=O)c(-c3ccc(O)cc3)coc2c1. The molecule has 0 bridgehead atoms. The Hall–Kier alpha value is -2.75. The quantitative estimate of drug-likeness (QED) is 0.775. The summed E-state index contributed by atoms with van der Waals surface area (Å²) < 4.78 is 10.6. The number of phenolic OH excluding ortho intramolecular Hbond substituents is 1. The predicted octanol–water partition coefficient (Wildman–Crippen LogP) is 3.17. The van der Waals surface area contributed by atoms with E-state index in [2.05, 4.69) is 0 Å². The number of hydrogen-bond donors (Lipinski definition) is 1. The maximum atomic E-state index is 12.5.